The van der Waals surface area contributed by atoms with Gasteiger partial charge < -0.3 is 5.32 Å². The minimum absolute atomic E-state index is 0.209. The number of benzene rings is 2. The predicted molar refractivity (Wildman–Crippen MR) is 114 cm³/mol. The fraction of sp³-hybridized carbons (Fsp3) is 0.0952. The van der Waals surface area contributed by atoms with Crippen LogP contribution in [0.2, 0.25) is 0 Å². The Morgan fingerprint density at radius 2 is 1.78 bits per heavy atom. The van der Waals surface area contributed by atoms with Gasteiger partial charge in [-0.15, -0.1) is 0 Å². The molecule has 0 aliphatic rings. The number of halogens is 6. The first-order chi connectivity index (χ1) is 16.8. The first-order valence-corrected chi connectivity index (χ1v) is 11.3. The lowest BCUT2D eigenvalue weighted by atomic mass is 10.1. The highest BCUT2D eigenvalue weighted by molar-refractivity contribution is 7.89. The van der Waals surface area contributed by atoms with Gasteiger partial charge >= 0.3 is 6.18 Å². The third-order valence-electron chi connectivity index (χ3n) is 4.98. The Morgan fingerprint density at radius 1 is 1.08 bits per heavy atom. The minimum Gasteiger partial charge on any atom is -0.321 e. The topological polar surface area (TPSA) is 119 Å². The Labute approximate surface area is 198 Å². The summed E-state index contributed by atoms with van der Waals surface area (Å²) >= 11 is 0. The summed E-state index contributed by atoms with van der Waals surface area (Å²) in [5.74, 6) is -2.64. The number of hydrogen-bond donors (Lipinski definition) is 2. The van der Waals surface area contributed by atoms with Crippen molar-refractivity contribution in [3.63, 3.8) is 0 Å². The Hall–Kier alpha value is -3.98. The minimum atomic E-state index is -4.97. The van der Waals surface area contributed by atoms with Gasteiger partial charge in [0.25, 0.3) is 12.3 Å². The number of hydrogen-bond acceptors (Lipinski definition) is 5. The summed E-state index contributed by atoms with van der Waals surface area (Å²) in [6, 6.07) is 7.69. The van der Waals surface area contributed by atoms with Crippen LogP contribution in [0.4, 0.5) is 32.0 Å². The highest BCUT2D eigenvalue weighted by Gasteiger charge is 2.34. The molecule has 0 aliphatic carbocycles. The van der Waals surface area contributed by atoms with E-state index in [0.717, 1.165) is 24.4 Å². The van der Waals surface area contributed by atoms with Gasteiger partial charge in [0.2, 0.25) is 10.0 Å². The SMILES string of the molecule is NS(=O)(=O)c1ccccc1NC(=O)c1cnn2c(C(F)F)cc(-c3ccc(C(F)(F)F)c(F)c3)nc12. The number of fused-ring (bicyclic) bond motifs is 1. The molecule has 0 saturated carbocycles. The molecule has 0 radical (unpaired) electrons. The van der Waals surface area contributed by atoms with Crippen molar-refractivity contribution in [2.45, 2.75) is 17.5 Å². The van der Waals surface area contributed by atoms with Crippen molar-refractivity contribution in [2.24, 2.45) is 5.14 Å². The van der Waals surface area contributed by atoms with E-state index in [0.29, 0.717) is 16.6 Å². The number of carbonyl (C=O) groups excluding carboxylic acids is 1. The van der Waals surface area contributed by atoms with Gasteiger partial charge in [-0.25, -0.2) is 36.2 Å². The van der Waals surface area contributed by atoms with Gasteiger partial charge in [0.1, 0.15) is 22.0 Å². The van der Waals surface area contributed by atoms with E-state index in [2.05, 4.69) is 15.4 Å². The Bertz CT molecular complexity index is 1600. The summed E-state index contributed by atoms with van der Waals surface area (Å²) in [5, 5.41) is 11.1. The molecule has 2 heterocycles. The molecular formula is C21H13F6N5O3S. The lowest BCUT2D eigenvalue weighted by molar-refractivity contribution is -0.139. The van der Waals surface area contributed by atoms with E-state index in [4.69, 9.17) is 5.14 Å². The molecule has 188 valence electrons. The van der Waals surface area contributed by atoms with Gasteiger partial charge in [0.05, 0.1) is 23.1 Å². The molecule has 4 rings (SSSR count). The third-order valence-corrected chi connectivity index (χ3v) is 5.95. The van der Waals surface area contributed by atoms with Crippen LogP contribution in [-0.4, -0.2) is 28.9 Å². The number of nitrogens with two attached hydrogens (primary N) is 1. The summed E-state index contributed by atoms with van der Waals surface area (Å²) in [4.78, 5) is 16.5. The number of nitrogens with zero attached hydrogens (tertiary/aromatic N) is 3. The highest BCUT2D eigenvalue weighted by Crippen LogP contribution is 2.34. The van der Waals surface area contributed by atoms with Crippen molar-refractivity contribution < 1.29 is 39.6 Å². The van der Waals surface area contributed by atoms with Crippen molar-refractivity contribution in [3.8, 4) is 11.3 Å². The lowest BCUT2D eigenvalue weighted by Crippen LogP contribution is -2.18. The molecule has 0 unspecified atom stereocenters. The number of alkyl halides is 5. The Balaban J connectivity index is 1.82. The number of anilines is 1. The molecule has 4 aromatic rings. The number of nitrogens with one attached hydrogen (secondary N) is 1. The number of carbonyl (C=O) groups is 1. The molecule has 0 atom stereocenters. The second-order valence-electron chi connectivity index (χ2n) is 7.35. The van der Waals surface area contributed by atoms with E-state index < -0.39 is 56.1 Å². The van der Waals surface area contributed by atoms with Crippen LogP contribution in [0.25, 0.3) is 16.9 Å². The molecule has 15 heteroatoms. The van der Waals surface area contributed by atoms with E-state index in [9.17, 15) is 39.6 Å². The van der Waals surface area contributed by atoms with Crippen LogP contribution in [0.1, 0.15) is 28.0 Å². The fourth-order valence-electron chi connectivity index (χ4n) is 3.36. The molecule has 0 fully saturated rings. The van der Waals surface area contributed by atoms with Crippen molar-refractivity contribution in [2.75, 3.05) is 5.32 Å². The molecule has 2 aromatic heterocycles. The monoisotopic (exact) mass is 529 g/mol. The zero-order valence-electron chi connectivity index (χ0n) is 17.6. The van der Waals surface area contributed by atoms with E-state index in [1.165, 1.54) is 18.2 Å². The van der Waals surface area contributed by atoms with Crippen LogP contribution in [-0.2, 0) is 16.2 Å². The molecule has 0 saturated heterocycles. The summed E-state index contributed by atoms with van der Waals surface area (Å²) in [6.07, 6.45) is -7.24. The number of rotatable bonds is 5. The second-order valence-corrected chi connectivity index (χ2v) is 8.88. The smallest absolute Gasteiger partial charge is 0.321 e. The second kappa shape index (κ2) is 8.91. The molecule has 0 bridgehead atoms. The lowest BCUT2D eigenvalue weighted by Gasteiger charge is -2.12. The summed E-state index contributed by atoms with van der Waals surface area (Å²) in [6.45, 7) is 0. The van der Waals surface area contributed by atoms with Crippen LogP contribution in [0.15, 0.2) is 59.6 Å². The average Bonchev–Trinajstić information content (AvgIpc) is 3.21. The Morgan fingerprint density at radius 3 is 2.39 bits per heavy atom. The van der Waals surface area contributed by atoms with Gasteiger partial charge in [-0.3, -0.25) is 4.79 Å². The summed E-state index contributed by atoms with van der Waals surface area (Å²) < 4.78 is 104. The largest absolute Gasteiger partial charge is 0.419 e. The molecule has 36 heavy (non-hydrogen) atoms. The number of amides is 1. The molecule has 0 aliphatic heterocycles. The standard InChI is InChI=1S/C21H13F6N5O3S/c22-13-7-10(5-6-12(13)21(25,26)27)15-8-16(18(23)24)32-19(30-15)11(9-29-32)20(33)31-14-3-1-2-4-17(14)36(28,34)35/h1-9,18H,(H,31,33)(H2,28,34,35). The zero-order valence-corrected chi connectivity index (χ0v) is 18.4. The predicted octanol–water partition coefficient (Wildman–Crippen LogP) is 4.39. The maximum atomic E-state index is 14.1. The van der Waals surface area contributed by atoms with Crippen molar-refractivity contribution in [3.05, 3.63) is 77.4 Å². The van der Waals surface area contributed by atoms with Crippen LogP contribution >= 0.6 is 0 Å². The maximum Gasteiger partial charge on any atom is 0.419 e. The first-order valence-electron chi connectivity index (χ1n) is 9.74. The van der Waals surface area contributed by atoms with Crippen LogP contribution in [0.3, 0.4) is 0 Å². The zero-order chi connectivity index (χ0) is 26.4. The average molecular weight is 529 g/mol. The van der Waals surface area contributed by atoms with Gasteiger partial charge in [-0.1, -0.05) is 18.2 Å². The molecule has 2 aromatic carbocycles. The van der Waals surface area contributed by atoms with E-state index in [1.807, 2.05) is 0 Å². The molecule has 8 nitrogen and oxygen atoms in total. The van der Waals surface area contributed by atoms with Gasteiger partial charge in [0.15, 0.2) is 5.65 Å². The van der Waals surface area contributed by atoms with E-state index >= 15 is 0 Å². The molecule has 0 spiro atoms. The summed E-state index contributed by atoms with van der Waals surface area (Å²) in [5.41, 5.74) is -3.98. The highest BCUT2D eigenvalue weighted by atomic mass is 32.2. The van der Waals surface area contributed by atoms with Crippen molar-refractivity contribution in [1.29, 1.82) is 0 Å². The quantitative estimate of drug-likeness (QED) is 0.372. The van der Waals surface area contributed by atoms with Crippen LogP contribution < -0.4 is 10.5 Å². The van der Waals surface area contributed by atoms with E-state index in [-0.39, 0.29) is 22.5 Å². The number of para-hydroxylation sites is 1. The van der Waals surface area contributed by atoms with Gasteiger partial charge in [-0.2, -0.15) is 18.3 Å². The van der Waals surface area contributed by atoms with Gasteiger partial charge in [-0.05, 0) is 30.3 Å². The normalized spacial score (nSPS) is 12.3. The van der Waals surface area contributed by atoms with Crippen molar-refractivity contribution in [1.82, 2.24) is 14.6 Å². The molecule has 3 N–H and O–H groups in total. The Kier molecular flexibility index (Phi) is 6.22. The summed E-state index contributed by atoms with van der Waals surface area (Å²) in [7, 11) is -4.24. The number of primary sulfonamides is 1. The number of aromatic nitrogens is 3. The van der Waals surface area contributed by atoms with Crippen LogP contribution in [0.5, 0.6) is 0 Å². The molecular weight excluding hydrogens is 516 g/mol. The third kappa shape index (κ3) is 4.74. The van der Waals surface area contributed by atoms with Crippen molar-refractivity contribution >= 4 is 27.3 Å². The number of sulfonamides is 1. The van der Waals surface area contributed by atoms with E-state index in [1.54, 1.807) is 0 Å². The van der Waals surface area contributed by atoms with Crippen LogP contribution in [0, 0.1) is 5.82 Å². The van der Waals surface area contributed by atoms with Gasteiger partial charge in [0, 0.05) is 5.56 Å². The first kappa shape index (κ1) is 25.1. The maximum absolute atomic E-state index is 14.1. The fourth-order valence-corrected chi connectivity index (χ4v) is 4.06. The molecule has 1 amide bonds.